The molecule has 2 amide bonds. The average molecular weight is 509 g/mol. The number of amides is 2. The first-order valence-electron chi connectivity index (χ1n) is 11.4. The van der Waals surface area contributed by atoms with Gasteiger partial charge in [0.15, 0.2) is 11.5 Å². The lowest BCUT2D eigenvalue weighted by Gasteiger charge is -2.31. The molecule has 2 aromatic carbocycles. The molecule has 0 bridgehead atoms. The second-order valence-electron chi connectivity index (χ2n) is 8.52. The lowest BCUT2D eigenvalue weighted by molar-refractivity contribution is -0.141. The Labute approximate surface area is 212 Å². The van der Waals surface area contributed by atoms with Crippen LogP contribution in [0.4, 0.5) is 0 Å². The predicted molar refractivity (Wildman–Crippen MR) is 137 cm³/mol. The SMILES string of the molecule is CC[C@@H](C(=O)NCC(C)C)N(Cc1ccc(Cl)c(Cl)c1)C(=O)CCc1ccc(OC)c(OC)c1. The third-order valence-electron chi connectivity index (χ3n) is 5.48. The minimum Gasteiger partial charge on any atom is -0.493 e. The lowest BCUT2D eigenvalue weighted by atomic mass is 10.1. The number of nitrogens with zero attached hydrogens (tertiary/aromatic N) is 1. The zero-order valence-corrected chi connectivity index (χ0v) is 22.0. The molecule has 1 N–H and O–H groups in total. The molecule has 2 aromatic rings. The summed E-state index contributed by atoms with van der Waals surface area (Å²) in [5.74, 6) is 1.28. The summed E-state index contributed by atoms with van der Waals surface area (Å²) in [6.07, 6.45) is 1.24. The van der Waals surface area contributed by atoms with Crippen molar-refractivity contribution in [2.24, 2.45) is 5.92 Å². The van der Waals surface area contributed by atoms with E-state index in [0.29, 0.717) is 46.8 Å². The van der Waals surface area contributed by atoms with Crippen LogP contribution < -0.4 is 14.8 Å². The van der Waals surface area contributed by atoms with Gasteiger partial charge in [-0.3, -0.25) is 9.59 Å². The molecule has 0 radical (unpaired) electrons. The van der Waals surface area contributed by atoms with E-state index in [4.69, 9.17) is 32.7 Å². The molecule has 6 nitrogen and oxygen atoms in total. The Balaban J connectivity index is 2.24. The fourth-order valence-corrected chi connectivity index (χ4v) is 3.93. The van der Waals surface area contributed by atoms with Crippen molar-refractivity contribution in [3.05, 3.63) is 57.6 Å². The molecule has 0 aliphatic carbocycles. The Kier molecular flexibility index (Phi) is 11.0. The maximum absolute atomic E-state index is 13.4. The standard InChI is InChI=1S/C26H34Cl2N2O4/c1-6-22(26(32)29-15-17(2)3)30(16-19-7-10-20(27)21(28)13-19)25(31)12-9-18-8-11-23(33-4)24(14-18)34-5/h7-8,10-11,13-14,17,22H,6,9,12,15-16H2,1-5H3,(H,29,32)/t22-/m0/s1. The minimum absolute atomic E-state index is 0.118. The van der Waals surface area contributed by atoms with E-state index in [0.717, 1.165) is 11.1 Å². The Bertz CT molecular complexity index is 981. The Morgan fingerprint density at radius 2 is 1.65 bits per heavy atom. The van der Waals surface area contributed by atoms with Crippen molar-refractivity contribution in [2.75, 3.05) is 20.8 Å². The minimum atomic E-state index is -0.592. The van der Waals surface area contributed by atoms with Gasteiger partial charge >= 0.3 is 0 Å². The highest BCUT2D eigenvalue weighted by molar-refractivity contribution is 6.42. The van der Waals surface area contributed by atoms with Crippen LogP contribution in [0.15, 0.2) is 36.4 Å². The van der Waals surface area contributed by atoms with Gasteiger partial charge in [-0.25, -0.2) is 0 Å². The van der Waals surface area contributed by atoms with Crippen molar-refractivity contribution in [3.8, 4) is 11.5 Å². The van der Waals surface area contributed by atoms with Crippen molar-refractivity contribution >= 4 is 35.0 Å². The summed E-state index contributed by atoms with van der Waals surface area (Å²) >= 11 is 12.3. The van der Waals surface area contributed by atoms with Crippen LogP contribution in [0, 0.1) is 5.92 Å². The van der Waals surface area contributed by atoms with Gasteiger partial charge in [0.25, 0.3) is 0 Å². The smallest absolute Gasteiger partial charge is 0.242 e. The highest BCUT2D eigenvalue weighted by Gasteiger charge is 2.28. The third kappa shape index (κ3) is 7.81. The number of halogens is 2. The summed E-state index contributed by atoms with van der Waals surface area (Å²) in [5, 5.41) is 3.82. The first-order valence-corrected chi connectivity index (χ1v) is 12.2. The molecule has 0 aliphatic rings. The number of carbonyl (C=O) groups is 2. The Morgan fingerprint density at radius 1 is 0.971 bits per heavy atom. The quantitative estimate of drug-likeness (QED) is 0.409. The van der Waals surface area contributed by atoms with Crippen LogP contribution in [0.25, 0.3) is 0 Å². The first kappa shape index (κ1) is 27.8. The van der Waals surface area contributed by atoms with Gasteiger partial charge in [0.1, 0.15) is 6.04 Å². The molecule has 0 fully saturated rings. The fraction of sp³-hybridized carbons (Fsp3) is 0.462. The maximum atomic E-state index is 13.4. The molecule has 0 saturated heterocycles. The Hall–Kier alpha value is -2.44. The van der Waals surface area contributed by atoms with E-state index in [1.165, 1.54) is 0 Å². The topological polar surface area (TPSA) is 67.9 Å². The van der Waals surface area contributed by atoms with E-state index < -0.39 is 6.04 Å². The molecule has 0 aromatic heterocycles. The molecular formula is C26H34Cl2N2O4. The normalized spacial score (nSPS) is 11.8. The summed E-state index contributed by atoms with van der Waals surface area (Å²) in [6, 6.07) is 10.3. The molecule has 34 heavy (non-hydrogen) atoms. The van der Waals surface area contributed by atoms with E-state index in [9.17, 15) is 9.59 Å². The fourth-order valence-electron chi connectivity index (χ4n) is 3.61. The van der Waals surface area contributed by atoms with Gasteiger partial charge in [0, 0.05) is 19.5 Å². The number of hydrogen-bond acceptors (Lipinski definition) is 4. The number of nitrogens with one attached hydrogen (secondary N) is 1. The predicted octanol–water partition coefficient (Wildman–Crippen LogP) is 5.52. The molecular weight excluding hydrogens is 475 g/mol. The third-order valence-corrected chi connectivity index (χ3v) is 6.22. The number of hydrogen-bond donors (Lipinski definition) is 1. The molecule has 0 unspecified atom stereocenters. The molecule has 0 heterocycles. The van der Waals surface area contributed by atoms with Gasteiger partial charge in [-0.1, -0.05) is 56.1 Å². The monoisotopic (exact) mass is 508 g/mol. The van der Waals surface area contributed by atoms with Crippen molar-refractivity contribution in [1.82, 2.24) is 10.2 Å². The number of methoxy groups -OCH3 is 2. The van der Waals surface area contributed by atoms with Crippen molar-refractivity contribution in [3.63, 3.8) is 0 Å². The molecule has 0 saturated carbocycles. The second kappa shape index (κ2) is 13.4. The molecule has 0 aliphatic heterocycles. The van der Waals surface area contributed by atoms with Crippen LogP contribution in [-0.4, -0.2) is 43.5 Å². The zero-order chi connectivity index (χ0) is 25.3. The summed E-state index contributed by atoms with van der Waals surface area (Å²) in [4.78, 5) is 28.0. The largest absolute Gasteiger partial charge is 0.493 e. The van der Waals surface area contributed by atoms with Crippen LogP contribution in [0.1, 0.15) is 44.7 Å². The van der Waals surface area contributed by atoms with Crippen LogP contribution in [-0.2, 0) is 22.6 Å². The van der Waals surface area contributed by atoms with Gasteiger partial charge in [-0.2, -0.15) is 0 Å². The second-order valence-corrected chi connectivity index (χ2v) is 9.34. The lowest BCUT2D eigenvalue weighted by Crippen LogP contribution is -2.49. The summed E-state index contributed by atoms with van der Waals surface area (Å²) in [6.45, 7) is 6.78. The van der Waals surface area contributed by atoms with Crippen LogP contribution in [0.2, 0.25) is 10.0 Å². The van der Waals surface area contributed by atoms with Gasteiger partial charge < -0.3 is 19.7 Å². The van der Waals surface area contributed by atoms with Crippen molar-refractivity contribution in [2.45, 2.75) is 52.6 Å². The summed E-state index contributed by atoms with van der Waals surface area (Å²) in [5.41, 5.74) is 1.75. The Morgan fingerprint density at radius 3 is 2.24 bits per heavy atom. The summed E-state index contributed by atoms with van der Waals surface area (Å²) in [7, 11) is 3.16. The highest BCUT2D eigenvalue weighted by atomic mass is 35.5. The van der Waals surface area contributed by atoms with E-state index >= 15 is 0 Å². The van der Waals surface area contributed by atoms with E-state index in [-0.39, 0.29) is 24.8 Å². The van der Waals surface area contributed by atoms with E-state index in [2.05, 4.69) is 5.32 Å². The number of aryl methyl sites for hydroxylation is 1. The van der Waals surface area contributed by atoms with Crippen LogP contribution in [0.3, 0.4) is 0 Å². The van der Waals surface area contributed by atoms with Gasteiger partial charge in [-0.15, -0.1) is 0 Å². The van der Waals surface area contributed by atoms with Crippen molar-refractivity contribution in [1.29, 1.82) is 0 Å². The molecule has 8 heteroatoms. The van der Waals surface area contributed by atoms with E-state index in [1.54, 1.807) is 31.3 Å². The molecule has 2 rings (SSSR count). The molecule has 186 valence electrons. The first-order chi connectivity index (χ1) is 16.2. The number of ether oxygens (including phenoxy) is 2. The van der Waals surface area contributed by atoms with Crippen LogP contribution >= 0.6 is 23.2 Å². The average Bonchev–Trinajstić information content (AvgIpc) is 2.82. The van der Waals surface area contributed by atoms with E-state index in [1.807, 2.05) is 45.0 Å². The molecule has 1 atom stereocenters. The van der Waals surface area contributed by atoms with Gasteiger partial charge in [0.2, 0.25) is 11.8 Å². The van der Waals surface area contributed by atoms with Crippen LogP contribution in [0.5, 0.6) is 11.5 Å². The zero-order valence-electron chi connectivity index (χ0n) is 20.5. The summed E-state index contributed by atoms with van der Waals surface area (Å²) < 4.78 is 10.7. The maximum Gasteiger partial charge on any atom is 0.242 e. The number of carbonyl (C=O) groups excluding carboxylic acids is 2. The number of rotatable bonds is 12. The van der Waals surface area contributed by atoms with Gasteiger partial charge in [-0.05, 0) is 54.2 Å². The van der Waals surface area contributed by atoms with Gasteiger partial charge in [0.05, 0.1) is 24.3 Å². The number of benzene rings is 2. The highest BCUT2D eigenvalue weighted by Crippen LogP contribution is 2.28. The van der Waals surface area contributed by atoms with Crippen molar-refractivity contribution < 1.29 is 19.1 Å². The molecule has 0 spiro atoms.